The molecule has 0 aliphatic carbocycles. The van der Waals surface area contributed by atoms with E-state index >= 15 is 0 Å². The van der Waals surface area contributed by atoms with Gasteiger partial charge in [0.25, 0.3) is 11.8 Å². The number of amides is 2. The fourth-order valence-corrected chi connectivity index (χ4v) is 4.27. The van der Waals surface area contributed by atoms with E-state index in [1.54, 1.807) is 38.1 Å². The van der Waals surface area contributed by atoms with Crippen LogP contribution in [-0.4, -0.2) is 24.4 Å². The van der Waals surface area contributed by atoms with Crippen LogP contribution in [0.1, 0.15) is 48.4 Å². The monoisotopic (exact) mass is 456 g/mol. The van der Waals surface area contributed by atoms with Gasteiger partial charge < -0.3 is 15.4 Å². The second-order valence-electron chi connectivity index (χ2n) is 6.58. The number of carbonyl (C=O) groups is 3. The summed E-state index contributed by atoms with van der Waals surface area (Å²) in [4.78, 5) is 38.4. The number of rotatable bonds is 7. The quantitative estimate of drug-likeness (QED) is 0.486. The molecule has 0 aliphatic rings. The molecule has 2 aromatic carbocycles. The summed E-state index contributed by atoms with van der Waals surface area (Å²) in [6.07, 6.45) is 0. The molecule has 1 aromatic heterocycles. The fraction of sp³-hybridized carbons (Fsp3) is 0.174. The largest absolute Gasteiger partial charge is 0.462 e. The molecule has 0 aliphatic heterocycles. The lowest BCUT2D eigenvalue weighted by Crippen LogP contribution is -2.22. The lowest BCUT2D eigenvalue weighted by molar-refractivity contribution is 0.0527. The molecule has 2 N–H and O–H groups in total. The van der Waals surface area contributed by atoms with E-state index in [2.05, 4.69) is 10.6 Å². The summed E-state index contributed by atoms with van der Waals surface area (Å²) >= 11 is 7.14. The Hall–Kier alpha value is -3.16. The van der Waals surface area contributed by atoms with Gasteiger partial charge in [0.05, 0.1) is 27.6 Å². The highest BCUT2D eigenvalue weighted by atomic mass is 35.5. The third-order valence-electron chi connectivity index (χ3n) is 4.47. The van der Waals surface area contributed by atoms with E-state index < -0.39 is 11.9 Å². The van der Waals surface area contributed by atoms with E-state index in [9.17, 15) is 14.4 Å². The van der Waals surface area contributed by atoms with Crippen LogP contribution in [0.25, 0.3) is 0 Å². The minimum Gasteiger partial charge on any atom is -0.462 e. The molecule has 31 heavy (non-hydrogen) atoms. The third-order valence-corrected chi connectivity index (χ3v) is 6.01. The molecule has 0 fully saturated rings. The SMILES string of the molecule is CCOC(=O)c1c(NC(=O)c2ccccc2Cl)sc(C(=O)NCc2ccccc2)c1C. The normalized spacial score (nSPS) is 10.4. The maximum absolute atomic E-state index is 12.8. The average Bonchev–Trinajstić information content (AvgIpc) is 3.09. The van der Waals surface area contributed by atoms with Gasteiger partial charge in [-0.2, -0.15) is 0 Å². The molecule has 6 nitrogen and oxygen atoms in total. The Morgan fingerprint density at radius 1 is 1.00 bits per heavy atom. The van der Waals surface area contributed by atoms with Crippen LogP contribution in [0.3, 0.4) is 0 Å². The van der Waals surface area contributed by atoms with Gasteiger partial charge in [0.1, 0.15) is 5.00 Å². The highest BCUT2D eigenvalue weighted by molar-refractivity contribution is 7.18. The molecule has 0 bridgehead atoms. The van der Waals surface area contributed by atoms with Gasteiger partial charge in [0.15, 0.2) is 0 Å². The summed E-state index contributed by atoms with van der Waals surface area (Å²) in [5.74, 6) is -1.42. The summed E-state index contributed by atoms with van der Waals surface area (Å²) in [7, 11) is 0. The predicted octanol–water partition coefficient (Wildman–Crippen LogP) is 5.07. The van der Waals surface area contributed by atoms with E-state index in [0.717, 1.165) is 16.9 Å². The molecule has 0 radical (unpaired) electrons. The van der Waals surface area contributed by atoms with Gasteiger partial charge in [-0.15, -0.1) is 11.3 Å². The maximum Gasteiger partial charge on any atom is 0.341 e. The van der Waals surface area contributed by atoms with Gasteiger partial charge in [0, 0.05) is 6.54 Å². The Morgan fingerprint density at radius 2 is 1.68 bits per heavy atom. The van der Waals surface area contributed by atoms with Crippen molar-refractivity contribution in [1.82, 2.24) is 5.32 Å². The number of hydrogen-bond acceptors (Lipinski definition) is 5. The first-order valence-electron chi connectivity index (χ1n) is 9.60. The molecular weight excluding hydrogens is 436 g/mol. The Labute approximate surface area is 189 Å². The third kappa shape index (κ3) is 5.31. The van der Waals surface area contributed by atoms with Crippen LogP contribution in [0.4, 0.5) is 5.00 Å². The molecule has 0 saturated carbocycles. The van der Waals surface area contributed by atoms with Crippen molar-refractivity contribution in [3.63, 3.8) is 0 Å². The Kier molecular flexibility index (Phi) is 7.44. The molecule has 3 aromatic rings. The Balaban J connectivity index is 1.89. The van der Waals surface area contributed by atoms with Crippen molar-refractivity contribution in [3.05, 3.63) is 86.8 Å². The average molecular weight is 457 g/mol. The van der Waals surface area contributed by atoms with E-state index in [0.29, 0.717) is 17.0 Å². The lowest BCUT2D eigenvalue weighted by Gasteiger charge is -2.08. The van der Waals surface area contributed by atoms with Crippen LogP contribution in [-0.2, 0) is 11.3 Å². The molecule has 1 heterocycles. The minimum absolute atomic E-state index is 0.164. The number of benzene rings is 2. The Morgan fingerprint density at radius 3 is 2.35 bits per heavy atom. The van der Waals surface area contributed by atoms with E-state index in [4.69, 9.17) is 16.3 Å². The van der Waals surface area contributed by atoms with E-state index in [1.807, 2.05) is 30.3 Å². The van der Waals surface area contributed by atoms with Gasteiger partial charge in [-0.25, -0.2) is 4.79 Å². The molecule has 0 saturated heterocycles. The summed E-state index contributed by atoms with van der Waals surface area (Å²) in [6, 6.07) is 16.1. The van der Waals surface area contributed by atoms with Gasteiger partial charge >= 0.3 is 5.97 Å². The molecule has 0 unspecified atom stereocenters. The number of esters is 1. The van der Waals surface area contributed by atoms with Crippen molar-refractivity contribution in [2.75, 3.05) is 11.9 Å². The molecule has 160 valence electrons. The van der Waals surface area contributed by atoms with Crippen LogP contribution < -0.4 is 10.6 Å². The lowest BCUT2D eigenvalue weighted by atomic mass is 10.1. The first-order valence-corrected chi connectivity index (χ1v) is 10.8. The zero-order valence-corrected chi connectivity index (χ0v) is 18.6. The number of hydrogen-bond donors (Lipinski definition) is 2. The van der Waals surface area contributed by atoms with E-state index in [-0.39, 0.29) is 33.7 Å². The van der Waals surface area contributed by atoms with Crippen molar-refractivity contribution in [1.29, 1.82) is 0 Å². The van der Waals surface area contributed by atoms with Gasteiger partial charge in [-0.05, 0) is 37.1 Å². The summed E-state index contributed by atoms with van der Waals surface area (Å²) in [5.41, 5.74) is 1.82. The maximum atomic E-state index is 12.8. The molecule has 3 rings (SSSR count). The van der Waals surface area contributed by atoms with Gasteiger partial charge in [-0.1, -0.05) is 54.1 Å². The molecule has 8 heteroatoms. The number of halogens is 1. The number of thiophene rings is 1. The molecule has 2 amide bonds. The van der Waals surface area contributed by atoms with Gasteiger partial charge in [-0.3, -0.25) is 9.59 Å². The second kappa shape index (κ2) is 10.2. The molecule has 0 atom stereocenters. The minimum atomic E-state index is -0.604. The highest BCUT2D eigenvalue weighted by Crippen LogP contribution is 2.34. The topological polar surface area (TPSA) is 84.5 Å². The molecule has 0 spiro atoms. The van der Waals surface area contributed by atoms with Crippen molar-refractivity contribution in [3.8, 4) is 0 Å². The smallest absolute Gasteiger partial charge is 0.341 e. The first-order chi connectivity index (χ1) is 14.9. The number of anilines is 1. The van der Waals surface area contributed by atoms with Crippen LogP contribution in [0.2, 0.25) is 5.02 Å². The van der Waals surface area contributed by atoms with Crippen molar-refractivity contribution >= 4 is 45.7 Å². The van der Waals surface area contributed by atoms with Crippen molar-refractivity contribution in [2.24, 2.45) is 0 Å². The number of carbonyl (C=O) groups excluding carboxylic acids is 3. The van der Waals surface area contributed by atoms with Crippen molar-refractivity contribution in [2.45, 2.75) is 20.4 Å². The second-order valence-corrected chi connectivity index (χ2v) is 8.01. The van der Waals surface area contributed by atoms with Crippen LogP contribution in [0, 0.1) is 6.92 Å². The summed E-state index contributed by atoms with van der Waals surface area (Å²) in [5, 5.41) is 6.08. The van der Waals surface area contributed by atoms with Crippen molar-refractivity contribution < 1.29 is 19.1 Å². The van der Waals surface area contributed by atoms with Crippen LogP contribution in [0.5, 0.6) is 0 Å². The summed E-state index contributed by atoms with van der Waals surface area (Å²) in [6.45, 7) is 3.86. The fourth-order valence-electron chi connectivity index (χ4n) is 2.94. The first kappa shape index (κ1) is 22.5. The van der Waals surface area contributed by atoms with Crippen LogP contribution in [0.15, 0.2) is 54.6 Å². The zero-order chi connectivity index (χ0) is 22.4. The summed E-state index contributed by atoms with van der Waals surface area (Å²) < 4.78 is 5.14. The number of nitrogens with one attached hydrogen (secondary N) is 2. The van der Waals surface area contributed by atoms with E-state index in [1.165, 1.54) is 0 Å². The number of ether oxygens (including phenoxy) is 1. The molecular formula is C23H21ClN2O4S. The predicted molar refractivity (Wildman–Crippen MR) is 122 cm³/mol. The zero-order valence-electron chi connectivity index (χ0n) is 17.0. The van der Waals surface area contributed by atoms with Crippen LogP contribution >= 0.6 is 22.9 Å². The highest BCUT2D eigenvalue weighted by Gasteiger charge is 2.27. The standard InChI is InChI=1S/C23H21ClN2O4S/c1-3-30-23(29)18-14(2)19(21(28)25-13-15-9-5-4-6-10-15)31-22(18)26-20(27)16-11-7-8-12-17(16)24/h4-12H,3,13H2,1-2H3,(H,25,28)(H,26,27). The Bertz CT molecular complexity index is 1110. The van der Waals surface area contributed by atoms with Gasteiger partial charge in [0.2, 0.25) is 0 Å².